The van der Waals surface area contributed by atoms with Crippen LogP contribution in [0.4, 0.5) is 4.39 Å². The number of methoxy groups -OCH3 is 1. The summed E-state index contributed by atoms with van der Waals surface area (Å²) in [5, 5.41) is 0.834. The van der Waals surface area contributed by atoms with Crippen LogP contribution in [0.15, 0.2) is 53.1 Å². The molecule has 0 aliphatic carbocycles. The van der Waals surface area contributed by atoms with Crippen LogP contribution in [0.25, 0.3) is 11.0 Å². The van der Waals surface area contributed by atoms with Gasteiger partial charge in [0.15, 0.2) is 11.6 Å². The zero-order valence-corrected chi connectivity index (χ0v) is 13.7. The third kappa shape index (κ3) is 4.09. The molecule has 0 aliphatic heterocycles. The maximum atomic E-state index is 13.4. The summed E-state index contributed by atoms with van der Waals surface area (Å²) in [5.41, 5.74) is 1.38. The second-order valence-electron chi connectivity index (χ2n) is 5.30. The van der Waals surface area contributed by atoms with Gasteiger partial charge >= 0.3 is 5.97 Å². The Bertz CT molecular complexity index is 871. The number of halogens is 1. The monoisotopic (exact) mass is 344 g/mol. The number of fused-ring (bicyclic) bond motifs is 1. The van der Waals surface area contributed by atoms with E-state index in [-0.39, 0.29) is 25.4 Å². The van der Waals surface area contributed by atoms with Gasteiger partial charge in [0.05, 0.1) is 19.8 Å². The molecule has 1 aromatic heterocycles. The fourth-order valence-electron chi connectivity index (χ4n) is 2.40. The van der Waals surface area contributed by atoms with Crippen molar-refractivity contribution in [2.75, 3.05) is 20.3 Å². The molecular formula is C19H17FO5. The van der Waals surface area contributed by atoms with Gasteiger partial charge in [-0.3, -0.25) is 4.79 Å². The zero-order valence-electron chi connectivity index (χ0n) is 13.7. The van der Waals surface area contributed by atoms with Gasteiger partial charge in [-0.1, -0.05) is 12.1 Å². The van der Waals surface area contributed by atoms with Crippen molar-refractivity contribution in [1.82, 2.24) is 0 Å². The number of hydrogen-bond acceptors (Lipinski definition) is 5. The average Bonchev–Trinajstić information content (AvgIpc) is 3.02. The van der Waals surface area contributed by atoms with Crippen molar-refractivity contribution in [2.45, 2.75) is 6.42 Å². The van der Waals surface area contributed by atoms with Gasteiger partial charge in [0.1, 0.15) is 24.5 Å². The highest BCUT2D eigenvalue weighted by Gasteiger charge is 2.12. The summed E-state index contributed by atoms with van der Waals surface area (Å²) >= 11 is 0. The predicted octanol–water partition coefficient (Wildman–Crippen LogP) is 3.75. The molecule has 3 rings (SSSR count). The van der Waals surface area contributed by atoms with Crippen molar-refractivity contribution in [3.05, 3.63) is 60.1 Å². The molecule has 25 heavy (non-hydrogen) atoms. The Morgan fingerprint density at radius 3 is 2.80 bits per heavy atom. The first-order valence-electron chi connectivity index (χ1n) is 7.74. The molecule has 0 amide bonds. The molecule has 3 aromatic rings. The van der Waals surface area contributed by atoms with Gasteiger partial charge in [-0.25, -0.2) is 4.39 Å². The Kier molecular flexibility index (Phi) is 5.18. The Morgan fingerprint density at radius 1 is 1.16 bits per heavy atom. The molecule has 0 saturated heterocycles. The number of ether oxygens (including phenoxy) is 3. The van der Waals surface area contributed by atoms with E-state index in [1.807, 2.05) is 6.07 Å². The van der Waals surface area contributed by atoms with Crippen LogP contribution in [0, 0.1) is 5.82 Å². The number of para-hydroxylation sites is 1. The van der Waals surface area contributed by atoms with Gasteiger partial charge in [-0.2, -0.15) is 0 Å². The molecule has 0 atom stereocenters. The van der Waals surface area contributed by atoms with Crippen LogP contribution in [-0.4, -0.2) is 26.3 Å². The highest BCUT2D eigenvalue weighted by Crippen LogP contribution is 2.26. The molecule has 2 aromatic carbocycles. The van der Waals surface area contributed by atoms with E-state index in [9.17, 15) is 9.18 Å². The fraction of sp³-hybridized carbons (Fsp3) is 0.211. The highest BCUT2D eigenvalue weighted by molar-refractivity contribution is 5.86. The van der Waals surface area contributed by atoms with Gasteiger partial charge in [0.25, 0.3) is 0 Å². The topological polar surface area (TPSA) is 57.9 Å². The van der Waals surface area contributed by atoms with E-state index in [0.29, 0.717) is 11.3 Å². The van der Waals surface area contributed by atoms with Crippen LogP contribution in [0.5, 0.6) is 11.5 Å². The first kappa shape index (κ1) is 16.8. The molecule has 0 spiro atoms. The van der Waals surface area contributed by atoms with E-state index in [2.05, 4.69) is 0 Å². The Hall–Kier alpha value is -3.02. The van der Waals surface area contributed by atoms with Crippen LogP contribution >= 0.6 is 0 Å². The normalized spacial score (nSPS) is 10.6. The molecule has 6 heteroatoms. The summed E-state index contributed by atoms with van der Waals surface area (Å²) in [4.78, 5) is 11.9. The van der Waals surface area contributed by atoms with Crippen LogP contribution in [-0.2, 0) is 16.0 Å². The minimum atomic E-state index is -0.450. The highest BCUT2D eigenvalue weighted by atomic mass is 19.1. The number of carbonyl (C=O) groups is 1. The van der Waals surface area contributed by atoms with Gasteiger partial charge in [0.2, 0.25) is 0 Å². The minimum Gasteiger partial charge on any atom is -0.497 e. The van der Waals surface area contributed by atoms with E-state index in [1.54, 1.807) is 31.4 Å². The summed E-state index contributed by atoms with van der Waals surface area (Å²) in [6.45, 7) is 0.118. The van der Waals surface area contributed by atoms with Crippen molar-refractivity contribution >= 4 is 16.9 Å². The van der Waals surface area contributed by atoms with Crippen LogP contribution in [0.3, 0.4) is 0 Å². The van der Waals surface area contributed by atoms with Gasteiger partial charge < -0.3 is 18.6 Å². The molecule has 0 fully saturated rings. The number of rotatable bonds is 7. The van der Waals surface area contributed by atoms with E-state index in [0.717, 1.165) is 10.9 Å². The first-order chi connectivity index (χ1) is 12.2. The number of hydrogen-bond donors (Lipinski definition) is 0. The van der Waals surface area contributed by atoms with Gasteiger partial charge in [-0.15, -0.1) is 0 Å². The molecule has 0 N–H and O–H groups in total. The van der Waals surface area contributed by atoms with Crippen molar-refractivity contribution < 1.29 is 27.8 Å². The molecule has 1 heterocycles. The second kappa shape index (κ2) is 7.70. The molecule has 0 unspecified atom stereocenters. The molecule has 0 aliphatic rings. The summed E-state index contributed by atoms with van der Waals surface area (Å²) in [5.74, 6) is -0.0423. The van der Waals surface area contributed by atoms with Crippen LogP contribution in [0.1, 0.15) is 5.56 Å². The summed E-state index contributed by atoms with van der Waals surface area (Å²) in [7, 11) is 1.58. The Balaban J connectivity index is 1.50. The van der Waals surface area contributed by atoms with Gasteiger partial charge in [0, 0.05) is 17.0 Å². The third-order valence-electron chi connectivity index (χ3n) is 3.64. The van der Waals surface area contributed by atoms with E-state index < -0.39 is 11.8 Å². The lowest BCUT2D eigenvalue weighted by Crippen LogP contribution is -2.14. The molecule has 5 nitrogen and oxygen atoms in total. The van der Waals surface area contributed by atoms with Crippen molar-refractivity contribution in [3.63, 3.8) is 0 Å². The second-order valence-corrected chi connectivity index (χ2v) is 5.30. The van der Waals surface area contributed by atoms with E-state index in [4.69, 9.17) is 18.6 Å². The van der Waals surface area contributed by atoms with Crippen molar-refractivity contribution in [2.24, 2.45) is 0 Å². The summed E-state index contributed by atoms with van der Waals surface area (Å²) in [6.07, 6.45) is 1.61. The standard InChI is InChI=1S/C19H17FO5/c1-22-14-6-7-15-13(12-25-18(15)11-14)10-19(21)24-9-8-23-17-5-3-2-4-16(17)20/h2-7,11-12H,8-10H2,1H3. The molecule has 130 valence electrons. The zero-order chi connectivity index (χ0) is 17.6. The lowest BCUT2D eigenvalue weighted by atomic mass is 10.1. The third-order valence-corrected chi connectivity index (χ3v) is 3.64. The SMILES string of the molecule is COc1ccc2c(CC(=O)OCCOc3ccccc3F)coc2c1. The quantitative estimate of drug-likeness (QED) is 0.483. The largest absolute Gasteiger partial charge is 0.497 e. The molecule has 0 saturated carbocycles. The maximum absolute atomic E-state index is 13.4. The van der Waals surface area contributed by atoms with Crippen molar-refractivity contribution in [1.29, 1.82) is 0 Å². The lowest BCUT2D eigenvalue weighted by Gasteiger charge is -2.07. The minimum absolute atomic E-state index is 0.0385. The molecule has 0 bridgehead atoms. The smallest absolute Gasteiger partial charge is 0.310 e. The number of esters is 1. The van der Waals surface area contributed by atoms with Crippen LogP contribution in [0.2, 0.25) is 0 Å². The predicted molar refractivity (Wildman–Crippen MR) is 89.3 cm³/mol. The Labute approximate surface area is 143 Å². The summed E-state index contributed by atoms with van der Waals surface area (Å²) < 4.78 is 34.3. The fourth-order valence-corrected chi connectivity index (χ4v) is 2.40. The number of carbonyl (C=O) groups excluding carboxylic acids is 1. The maximum Gasteiger partial charge on any atom is 0.310 e. The average molecular weight is 344 g/mol. The van der Waals surface area contributed by atoms with E-state index >= 15 is 0 Å². The Morgan fingerprint density at radius 2 is 2.00 bits per heavy atom. The number of benzene rings is 2. The van der Waals surface area contributed by atoms with E-state index in [1.165, 1.54) is 18.4 Å². The first-order valence-corrected chi connectivity index (χ1v) is 7.74. The van der Waals surface area contributed by atoms with Gasteiger partial charge in [-0.05, 0) is 24.3 Å². The van der Waals surface area contributed by atoms with Crippen LogP contribution < -0.4 is 9.47 Å². The number of furan rings is 1. The lowest BCUT2D eigenvalue weighted by molar-refractivity contribution is -0.143. The molecule has 0 radical (unpaired) electrons. The summed E-state index contributed by atoms with van der Waals surface area (Å²) in [6, 6.07) is 11.5. The molecular weight excluding hydrogens is 327 g/mol. The van der Waals surface area contributed by atoms with Crippen molar-refractivity contribution in [3.8, 4) is 11.5 Å².